The van der Waals surface area contributed by atoms with Gasteiger partial charge in [0.15, 0.2) is 5.69 Å². The molecule has 0 radical (unpaired) electrons. The number of nitrogens with zero attached hydrogens (tertiary/aromatic N) is 3. The third-order valence-corrected chi connectivity index (χ3v) is 6.98. The van der Waals surface area contributed by atoms with Gasteiger partial charge in [-0.2, -0.15) is 0 Å². The van der Waals surface area contributed by atoms with Gasteiger partial charge in [-0.25, -0.2) is 4.79 Å². The molecule has 2 heterocycles. The van der Waals surface area contributed by atoms with Crippen molar-refractivity contribution in [1.29, 1.82) is 0 Å². The highest BCUT2D eigenvalue weighted by Crippen LogP contribution is 2.30. The lowest BCUT2D eigenvalue weighted by Crippen LogP contribution is -2.44. The standard InChI is InChI=1S/C25H35N5O4S/c1-5-6-11-29-22(26)21(23(32)27-25(29)34)28(12-10-16(2)3)24(33)17-13-20(31)30(15-17)18-8-7-9-19(14-18)35-4/h7-9,14,16-17H,5-6,10-13,15,26H2,1-4H3,(H,27,32,34)/t17-/m1/s1. The second-order valence-electron chi connectivity index (χ2n) is 9.28. The number of hydrogen-bond acceptors (Lipinski definition) is 6. The number of thioether (sulfide) groups is 1. The number of nitrogens with one attached hydrogen (secondary N) is 1. The molecule has 1 aromatic heterocycles. The Balaban J connectivity index is 1.96. The van der Waals surface area contributed by atoms with Gasteiger partial charge < -0.3 is 15.5 Å². The second-order valence-corrected chi connectivity index (χ2v) is 10.2. The molecule has 1 atom stereocenters. The number of hydrogen-bond donors (Lipinski definition) is 2. The number of carbonyl (C=O) groups is 2. The van der Waals surface area contributed by atoms with Crippen LogP contribution in [0.3, 0.4) is 0 Å². The largest absolute Gasteiger partial charge is 0.383 e. The van der Waals surface area contributed by atoms with Crippen LogP contribution in [0.25, 0.3) is 0 Å². The minimum Gasteiger partial charge on any atom is -0.383 e. The average Bonchev–Trinajstić information content (AvgIpc) is 3.22. The summed E-state index contributed by atoms with van der Waals surface area (Å²) < 4.78 is 1.32. The number of anilines is 3. The summed E-state index contributed by atoms with van der Waals surface area (Å²) >= 11 is 1.58. The van der Waals surface area contributed by atoms with Gasteiger partial charge in [0.05, 0.1) is 5.92 Å². The van der Waals surface area contributed by atoms with Gasteiger partial charge in [0.1, 0.15) is 5.82 Å². The topological polar surface area (TPSA) is 121 Å². The number of nitrogens with two attached hydrogens (primary N) is 1. The summed E-state index contributed by atoms with van der Waals surface area (Å²) in [5, 5.41) is 0. The number of carbonyl (C=O) groups excluding carboxylic acids is 2. The van der Waals surface area contributed by atoms with E-state index in [0.29, 0.717) is 19.4 Å². The van der Waals surface area contributed by atoms with Gasteiger partial charge in [-0.1, -0.05) is 33.3 Å². The summed E-state index contributed by atoms with van der Waals surface area (Å²) in [5.74, 6) is -0.839. The number of nitrogen functional groups attached to an aromatic ring is 1. The highest BCUT2D eigenvalue weighted by molar-refractivity contribution is 7.98. The zero-order chi connectivity index (χ0) is 25.7. The minimum atomic E-state index is -0.689. The number of unbranched alkanes of at least 4 members (excludes halogenated alkanes) is 1. The lowest BCUT2D eigenvalue weighted by molar-refractivity contribution is -0.124. The molecule has 1 fully saturated rings. The lowest BCUT2D eigenvalue weighted by atomic mass is 10.0. The van der Waals surface area contributed by atoms with Crippen molar-refractivity contribution in [2.45, 2.75) is 57.9 Å². The number of benzene rings is 1. The van der Waals surface area contributed by atoms with Crippen molar-refractivity contribution >= 4 is 40.8 Å². The van der Waals surface area contributed by atoms with Gasteiger partial charge in [-0.05, 0) is 43.2 Å². The zero-order valence-electron chi connectivity index (χ0n) is 20.9. The smallest absolute Gasteiger partial charge is 0.330 e. The van der Waals surface area contributed by atoms with Gasteiger partial charge in [-0.15, -0.1) is 11.8 Å². The molecule has 2 amide bonds. The maximum atomic E-state index is 13.8. The summed E-state index contributed by atoms with van der Waals surface area (Å²) in [4.78, 5) is 58.3. The predicted octanol–water partition coefficient (Wildman–Crippen LogP) is 3.07. The molecule has 0 bridgehead atoms. The first kappa shape index (κ1) is 26.6. The summed E-state index contributed by atoms with van der Waals surface area (Å²) in [5.41, 5.74) is 5.78. The Morgan fingerprint density at radius 3 is 2.69 bits per heavy atom. The van der Waals surface area contributed by atoms with Crippen molar-refractivity contribution in [3.63, 3.8) is 0 Å². The fourth-order valence-electron chi connectivity index (χ4n) is 4.22. The Bertz CT molecular complexity index is 1190. The SMILES string of the molecule is CCCCn1c(N)c(N(CCC(C)C)C(=O)[C@@H]2CC(=O)N(c3cccc(SC)c3)C2)c(=O)[nH]c1=O. The van der Waals surface area contributed by atoms with E-state index < -0.39 is 17.2 Å². The van der Waals surface area contributed by atoms with Crippen molar-refractivity contribution in [2.75, 3.05) is 34.9 Å². The summed E-state index contributed by atoms with van der Waals surface area (Å²) in [6.07, 6.45) is 4.20. The molecule has 1 aliphatic heterocycles. The molecule has 9 nitrogen and oxygen atoms in total. The van der Waals surface area contributed by atoms with E-state index in [1.54, 1.807) is 16.7 Å². The number of amides is 2. The van der Waals surface area contributed by atoms with E-state index >= 15 is 0 Å². The van der Waals surface area contributed by atoms with Gasteiger partial charge >= 0.3 is 5.69 Å². The maximum absolute atomic E-state index is 13.8. The van der Waals surface area contributed by atoms with E-state index in [1.807, 2.05) is 51.3 Å². The molecule has 2 aromatic rings. The van der Waals surface area contributed by atoms with Crippen LogP contribution in [0.2, 0.25) is 0 Å². The molecule has 35 heavy (non-hydrogen) atoms. The minimum absolute atomic E-state index is 0.0124. The Morgan fingerprint density at radius 1 is 1.29 bits per heavy atom. The lowest BCUT2D eigenvalue weighted by Gasteiger charge is -2.27. The number of rotatable bonds is 10. The van der Waals surface area contributed by atoms with Crippen LogP contribution in [0, 0.1) is 11.8 Å². The molecular weight excluding hydrogens is 466 g/mol. The van der Waals surface area contributed by atoms with Gasteiger partial charge in [0, 0.05) is 36.6 Å². The highest BCUT2D eigenvalue weighted by Gasteiger charge is 2.39. The second kappa shape index (κ2) is 11.6. The average molecular weight is 502 g/mol. The number of aromatic amines is 1. The van der Waals surface area contributed by atoms with E-state index in [9.17, 15) is 19.2 Å². The van der Waals surface area contributed by atoms with E-state index in [1.165, 1.54) is 9.47 Å². The van der Waals surface area contributed by atoms with Crippen molar-refractivity contribution in [3.05, 3.63) is 45.1 Å². The van der Waals surface area contributed by atoms with Gasteiger partial charge in [0.2, 0.25) is 11.8 Å². The van der Waals surface area contributed by atoms with Gasteiger partial charge in [0.25, 0.3) is 5.56 Å². The first-order valence-electron chi connectivity index (χ1n) is 12.1. The van der Waals surface area contributed by atoms with E-state index in [2.05, 4.69) is 4.98 Å². The van der Waals surface area contributed by atoms with E-state index in [0.717, 1.165) is 17.0 Å². The molecule has 3 rings (SSSR count). The maximum Gasteiger partial charge on any atom is 0.330 e. The summed E-state index contributed by atoms with van der Waals surface area (Å²) in [6.45, 7) is 6.88. The molecule has 1 saturated heterocycles. The van der Waals surface area contributed by atoms with E-state index in [4.69, 9.17) is 5.73 Å². The predicted molar refractivity (Wildman–Crippen MR) is 141 cm³/mol. The quantitative estimate of drug-likeness (QED) is 0.483. The Labute approximate surface area is 209 Å². The van der Waals surface area contributed by atoms with E-state index in [-0.39, 0.29) is 48.7 Å². The molecule has 1 aliphatic rings. The first-order chi connectivity index (χ1) is 16.7. The normalized spacial score (nSPS) is 15.7. The van der Waals surface area contributed by atoms with Crippen LogP contribution in [0.5, 0.6) is 0 Å². The van der Waals surface area contributed by atoms with Crippen LogP contribution in [-0.4, -0.2) is 40.7 Å². The van der Waals surface area contributed by atoms with Crippen LogP contribution >= 0.6 is 11.8 Å². The summed E-state index contributed by atoms with van der Waals surface area (Å²) in [7, 11) is 0. The first-order valence-corrected chi connectivity index (χ1v) is 13.3. The molecular formula is C25H35N5O4S. The summed E-state index contributed by atoms with van der Waals surface area (Å²) in [6, 6.07) is 7.64. The molecule has 0 aliphatic carbocycles. The third-order valence-electron chi connectivity index (χ3n) is 6.25. The fourth-order valence-corrected chi connectivity index (χ4v) is 4.67. The molecule has 0 spiro atoms. The number of H-pyrrole nitrogens is 1. The van der Waals surface area contributed by atoms with Crippen molar-refractivity contribution in [1.82, 2.24) is 9.55 Å². The Hall–Kier alpha value is -3.01. The van der Waals surface area contributed by atoms with Crippen molar-refractivity contribution in [3.8, 4) is 0 Å². The zero-order valence-corrected chi connectivity index (χ0v) is 21.7. The van der Waals surface area contributed by atoms with Crippen LogP contribution in [0.4, 0.5) is 17.2 Å². The molecule has 10 heteroatoms. The van der Waals surface area contributed by atoms with Crippen LogP contribution in [0.1, 0.15) is 46.5 Å². The Kier molecular flexibility index (Phi) is 8.82. The van der Waals surface area contributed by atoms with Crippen molar-refractivity contribution in [2.24, 2.45) is 11.8 Å². The van der Waals surface area contributed by atoms with Gasteiger partial charge in [-0.3, -0.25) is 23.9 Å². The Morgan fingerprint density at radius 2 is 2.03 bits per heavy atom. The van der Waals surface area contributed by atoms with Crippen LogP contribution < -0.4 is 26.8 Å². The van der Waals surface area contributed by atoms with Crippen molar-refractivity contribution < 1.29 is 9.59 Å². The third kappa shape index (κ3) is 5.98. The molecule has 0 saturated carbocycles. The highest BCUT2D eigenvalue weighted by atomic mass is 32.2. The fraction of sp³-hybridized carbons (Fsp3) is 0.520. The van der Waals surface area contributed by atoms with Crippen LogP contribution in [-0.2, 0) is 16.1 Å². The molecule has 190 valence electrons. The molecule has 0 unspecified atom stereocenters. The number of aromatic nitrogens is 2. The molecule has 3 N–H and O–H groups in total. The molecule has 1 aromatic carbocycles. The van der Waals surface area contributed by atoms with Crippen LogP contribution in [0.15, 0.2) is 38.8 Å². The monoisotopic (exact) mass is 501 g/mol.